The van der Waals surface area contributed by atoms with Gasteiger partial charge in [0.15, 0.2) is 0 Å². The third-order valence-electron chi connectivity index (χ3n) is 4.92. The summed E-state index contributed by atoms with van der Waals surface area (Å²) in [5, 5.41) is 1.27. The summed E-state index contributed by atoms with van der Waals surface area (Å²) in [6.07, 6.45) is 0.912. The zero-order valence-corrected chi connectivity index (χ0v) is 18.3. The van der Waals surface area contributed by atoms with Gasteiger partial charge in [0.05, 0.1) is 0 Å². The molecule has 1 aromatic carbocycles. The van der Waals surface area contributed by atoms with Gasteiger partial charge in [0.1, 0.15) is 16.9 Å². The van der Waals surface area contributed by atoms with E-state index in [-0.39, 0.29) is 23.2 Å². The van der Waals surface area contributed by atoms with E-state index in [0.717, 1.165) is 17.9 Å². The standard InChI is InChI=1S/C22H28N4O5/c1-5-26(24-21(30)31-22(2,3)4)19(28)16-17(20(29)25-12-8-9-13-25)23-15-11-7-6-10-14(15)18(16)27/h6-7,10-11H,5,8-9,12-13H2,1-4H3,(H,23,27)(H,24,30). The molecule has 0 bridgehead atoms. The smallest absolute Gasteiger partial charge is 0.426 e. The van der Waals surface area contributed by atoms with Crippen LogP contribution in [0.5, 0.6) is 0 Å². The van der Waals surface area contributed by atoms with Crippen molar-refractivity contribution in [1.82, 2.24) is 20.3 Å². The van der Waals surface area contributed by atoms with Crippen molar-refractivity contribution in [3.63, 3.8) is 0 Å². The number of benzene rings is 1. The molecule has 31 heavy (non-hydrogen) atoms. The third kappa shape index (κ3) is 4.87. The van der Waals surface area contributed by atoms with Gasteiger partial charge in [0.25, 0.3) is 11.8 Å². The van der Waals surface area contributed by atoms with Gasteiger partial charge in [0.2, 0.25) is 5.43 Å². The van der Waals surface area contributed by atoms with Crippen molar-refractivity contribution in [2.45, 2.75) is 46.1 Å². The summed E-state index contributed by atoms with van der Waals surface area (Å²) >= 11 is 0. The minimum atomic E-state index is -0.827. The fraction of sp³-hybridized carbons (Fsp3) is 0.455. The number of pyridine rings is 1. The summed E-state index contributed by atoms with van der Waals surface area (Å²) in [4.78, 5) is 56.6. The molecule has 1 fully saturated rings. The molecule has 166 valence electrons. The second-order valence-electron chi connectivity index (χ2n) is 8.41. The number of hydrogen-bond donors (Lipinski definition) is 2. The number of hydrogen-bond acceptors (Lipinski definition) is 5. The number of carbonyl (C=O) groups excluding carboxylic acids is 3. The third-order valence-corrected chi connectivity index (χ3v) is 4.92. The van der Waals surface area contributed by atoms with E-state index in [0.29, 0.717) is 18.6 Å². The van der Waals surface area contributed by atoms with Crippen molar-refractivity contribution in [2.24, 2.45) is 0 Å². The predicted molar refractivity (Wildman–Crippen MR) is 116 cm³/mol. The summed E-state index contributed by atoms with van der Waals surface area (Å²) in [5.41, 5.74) is 1.15. The highest BCUT2D eigenvalue weighted by Gasteiger charge is 2.31. The highest BCUT2D eigenvalue weighted by molar-refractivity contribution is 6.08. The van der Waals surface area contributed by atoms with Crippen LogP contribution in [0.15, 0.2) is 29.1 Å². The molecule has 1 aliphatic heterocycles. The number of aromatic amines is 1. The number of H-pyrrole nitrogens is 1. The van der Waals surface area contributed by atoms with Gasteiger partial charge >= 0.3 is 6.09 Å². The largest absolute Gasteiger partial charge is 0.443 e. The number of carbonyl (C=O) groups is 3. The fourth-order valence-electron chi connectivity index (χ4n) is 3.50. The number of fused-ring (bicyclic) bond motifs is 1. The zero-order valence-electron chi connectivity index (χ0n) is 18.3. The Morgan fingerprint density at radius 2 is 1.81 bits per heavy atom. The number of likely N-dealkylation sites (tertiary alicyclic amines) is 1. The first-order chi connectivity index (χ1) is 14.6. The molecule has 0 aliphatic carbocycles. The Hall–Kier alpha value is -3.36. The van der Waals surface area contributed by atoms with Crippen LogP contribution in [0.2, 0.25) is 0 Å². The topological polar surface area (TPSA) is 112 Å². The lowest BCUT2D eigenvalue weighted by Crippen LogP contribution is -2.49. The number of nitrogens with one attached hydrogen (secondary N) is 2. The Morgan fingerprint density at radius 1 is 1.16 bits per heavy atom. The van der Waals surface area contributed by atoms with Gasteiger partial charge in [-0.15, -0.1) is 0 Å². The van der Waals surface area contributed by atoms with Crippen LogP contribution in [0.1, 0.15) is 61.4 Å². The fourth-order valence-corrected chi connectivity index (χ4v) is 3.50. The van der Waals surface area contributed by atoms with Gasteiger partial charge < -0.3 is 14.6 Å². The second-order valence-corrected chi connectivity index (χ2v) is 8.41. The van der Waals surface area contributed by atoms with Crippen molar-refractivity contribution in [1.29, 1.82) is 0 Å². The maximum absolute atomic E-state index is 13.3. The molecule has 3 amide bonds. The maximum atomic E-state index is 13.3. The predicted octanol–water partition coefficient (Wildman–Crippen LogP) is 2.67. The van der Waals surface area contributed by atoms with E-state index in [1.807, 2.05) is 0 Å². The molecule has 2 aromatic rings. The Morgan fingerprint density at radius 3 is 2.42 bits per heavy atom. The first-order valence-electron chi connectivity index (χ1n) is 10.4. The number of ether oxygens (including phenoxy) is 1. The minimum absolute atomic E-state index is 0.0694. The highest BCUT2D eigenvalue weighted by atomic mass is 16.6. The molecule has 2 heterocycles. The Kier molecular flexibility index (Phi) is 6.33. The Bertz CT molecular complexity index is 1060. The molecule has 1 saturated heterocycles. The molecule has 9 heteroatoms. The van der Waals surface area contributed by atoms with Crippen LogP contribution in [0.3, 0.4) is 0 Å². The average molecular weight is 428 g/mol. The van der Waals surface area contributed by atoms with Gasteiger partial charge in [-0.05, 0) is 52.7 Å². The van der Waals surface area contributed by atoms with Crippen LogP contribution in [0, 0.1) is 0 Å². The second kappa shape index (κ2) is 8.79. The van der Waals surface area contributed by atoms with Crippen molar-refractivity contribution >= 4 is 28.8 Å². The SMILES string of the molecule is CCN(NC(=O)OC(C)(C)C)C(=O)c1c(C(=O)N2CCCC2)[nH]c2ccccc2c1=O. The lowest BCUT2D eigenvalue weighted by Gasteiger charge is -2.26. The maximum Gasteiger partial charge on any atom is 0.426 e. The quantitative estimate of drug-likeness (QED) is 0.730. The number of nitrogens with zero attached hydrogens (tertiary/aromatic N) is 2. The van der Waals surface area contributed by atoms with Crippen molar-refractivity contribution in [3.8, 4) is 0 Å². The molecule has 0 spiro atoms. The molecule has 3 rings (SSSR count). The lowest BCUT2D eigenvalue weighted by atomic mass is 10.1. The molecule has 0 saturated carbocycles. The molecule has 9 nitrogen and oxygen atoms in total. The van der Waals surface area contributed by atoms with E-state index in [4.69, 9.17) is 4.74 Å². The van der Waals surface area contributed by atoms with Crippen LogP contribution in [-0.2, 0) is 4.74 Å². The highest BCUT2D eigenvalue weighted by Crippen LogP contribution is 2.18. The lowest BCUT2D eigenvalue weighted by molar-refractivity contribution is 0.0301. The number of para-hydroxylation sites is 1. The summed E-state index contributed by atoms with van der Waals surface area (Å²) in [6.45, 7) is 7.95. The minimum Gasteiger partial charge on any atom is -0.443 e. The number of amides is 3. The number of rotatable bonds is 3. The Balaban J connectivity index is 2.05. The zero-order chi connectivity index (χ0) is 22.8. The number of aromatic nitrogens is 1. The van der Waals surface area contributed by atoms with Gasteiger partial charge in [0, 0.05) is 30.5 Å². The van der Waals surface area contributed by atoms with E-state index in [1.54, 1.807) is 56.9 Å². The molecule has 0 unspecified atom stereocenters. The van der Waals surface area contributed by atoms with E-state index in [2.05, 4.69) is 10.4 Å². The van der Waals surface area contributed by atoms with Gasteiger partial charge in [-0.25, -0.2) is 15.2 Å². The van der Waals surface area contributed by atoms with Crippen LogP contribution in [-0.4, -0.2) is 58.0 Å². The van der Waals surface area contributed by atoms with E-state index >= 15 is 0 Å². The van der Waals surface area contributed by atoms with Gasteiger partial charge in [-0.1, -0.05) is 12.1 Å². The summed E-state index contributed by atoms with van der Waals surface area (Å²) in [7, 11) is 0. The number of hydrazine groups is 1. The summed E-state index contributed by atoms with van der Waals surface area (Å²) < 4.78 is 5.21. The molecular formula is C22H28N4O5. The summed E-state index contributed by atoms with van der Waals surface area (Å²) in [5.74, 6) is -1.18. The van der Waals surface area contributed by atoms with Crippen molar-refractivity contribution in [2.75, 3.05) is 19.6 Å². The van der Waals surface area contributed by atoms with Crippen LogP contribution >= 0.6 is 0 Å². The van der Waals surface area contributed by atoms with Crippen LogP contribution < -0.4 is 10.9 Å². The van der Waals surface area contributed by atoms with Gasteiger partial charge in [-0.2, -0.15) is 0 Å². The van der Waals surface area contributed by atoms with E-state index in [9.17, 15) is 19.2 Å². The van der Waals surface area contributed by atoms with E-state index in [1.165, 1.54) is 0 Å². The molecule has 0 atom stereocenters. The normalized spacial score (nSPS) is 13.9. The van der Waals surface area contributed by atoms with Crippen LogP contribution in [0.25, 0.3) is 10.9 Å². The first-order valence-corrected chi connectivity index (χ1v) is 10.4. The molecule has 2 N–H and O–H groups in total. The van der Waals surface area contributed by atoms with Crippen molar-refractivity contribution < 1.29 is 19.1 Å². The summed E-state index contributed by atoms with van der Waals surface area (Å²) in [6, 6.07) is 6.70. The van der Waals surface area contributed by atoms with Gasteiger partial charge in [-0.3, -0.25) is 14.4 Å². The average Bonchev–Trinajstić information content (AvgIpc) is 3.24. The first kappa shape index (κ1) is 22.3. The molecular weight excluding hydrogens is 400 g/mol. The molecule has 0 radical (unpaired) electrons. The monoisotopic (exact) mass is 428 g/mol. The Labute approximate surface area is 180 Å². The molecule has 1 aliphatic rings. The van der Waals surface area contributed by atoms with E-state index < -0.39 is 28.9 Å². The molecule has 1 aromatic heterocycles. The van der Waals surface area contributed by atoms with Crippen LogP contribution in [0.4, 0.5) is 4.79 Å². The van der Waals surface area contributed by atoms with Crippen molar-refractivity contribution in [3.05, 3.63) is 45.7 Å².